The van der Waals surface area contributed by atoms with Gasteiger partial charge in [-0.05, 0) is 31.0 Å². The summed E-state index contributed by atoms with van der Waals surface area (Å²) in [5.41, 5.74) is 2.70. The molecule has 2 aliphatic heterocycles. The van der Waals surface area contributed by atoms with Crippen LogP contribution in [0.25, 0.3) is 0 Å². The number of nitrogens with one attached hydrogen (secondary N) is 1. The topological polar surface area (TPSA) is 59.9 Å². The second-order valence-corrected chi connectivity index (χ2v) is 7.14. The number of guanidine groups is 1. The van der Waals surface area contributed by atoms with E-state index in [0.29, 0.717) is 0 Å². The van der Waals surface area contributed by atoms with Crippen LogP contribution in [0, 0.1) is 0 Å². The molecule has 8 heteroatoms. The van der Waals surface area contributed by atoms with Gasteiger partial charge in [-0.3, -0.25) is 9.89 Å². The first-order chi connectivity index (χ1) is 13.8. The summed E-state index contributed by atoms with van der Waals surface area (Å²) < 4.78 is 0. The molecule has 156 valence electrons. The van der Waals surface area contributed by atoms with Crippen LogP contribution in [0.5, 0.6) is 0 Å². The molecule has 1 aromatic heterocycles. The molecule has 7 nitrogen and oxygen atoms in total. The minimum atomic E-state index is 0. The third-order valence-corrected chi connectivity index (χ3v) is 5.36. The zero-order chi connectivity index (χ0) is 19.2. The lowest BCUT2D eigenvalue weighted by atomic mass is 10.2. The van der Waals surface area contributed by atoms with Gasteiger partial charge in [0.15, 0.2) is 5.96 Å². The van der Waals surface area contributed by atoms with Crippen molar-refractivity contribution in [1.82, 2.24) is 20.2 Å². The molecule has 0 radical (unpaired) electrons. The molecule has 0 aliphatic carbocycles. The molecule has 3 heterocycles. The van der Waals surface area contributed by atoms with Crippen LogP contribution in [0.15, 0.2) is 47.7 Å². The van der Waals surface area contributed by atoms with E-state index in [0.717, 1.165) is 70.7 Å². The first kappa shape index (κ1) is 21.8. The molecule has 2 aliphatic rings. The Labute approximate surface area is 190 Å². The van der Waals surface area contributed by atoms with E-state index in [-0.39, 0.29) is 24.0 Å². The molecule has 0 saturated carbocycles. The van der Waals surface area contributed by atoms with Crippen LogP contribution in [0.1, 0.15) is 12.5 Å². The van der Waals surface area contributed by atoms with Crippen LogP contribution in [0.3, 0.4) is 0 Å². The van der Waals surface area contributed by atoms with Crippen molar-refractivity contribution in [2.45, 2.75) is 13.3 Å². The Morgan fingerprint density at radius 2 is 1.79 bits per heavy atom. The maximum atomic E-state index is 4.92. The van der Waals surface area contributed by atoms with Crippen molar-refractivity contribution in [3.05, 3.63) is 48.3 Å². The van der Waals surface area contributed by atoms with Gasteiger partial charge in [0.05, 0.1) is 6.54 Å². The highest BCUT2D eigenvalue weighted by atomic mass is 127. The lowest BCUT2D eigenvalue weighted by Crippen LogP contribution is -2.48. The summed E-state index contributed by atoms with van der Waals surface area (Å²) in [4.78, 5) is 20.7. The minimum absolute atomic E-state index is 0. The molecule has 0 spiro atoms. The van der Waals surface area contributed by atoms with Gasteiger partial charge < -0.3 is 15.1 Å². The summed E-state index contributed by atoms with van der Waals surface area (Å²) in [6, 6.07) is 10.5. The van der Waals surface area contributed by atoms with Crippen LogP contribution in [-0.4, -0.2) is 73.2 Å². The van der Waals surface area contributed by atoms with Gasteiger partial charge in [-0.2, -0.15) is 0 Å². The number of anilines is 2. The summed E-state index contributed by atoms with van der Waals surface area (Å²) >= 11 is 0. The van der Waals surface area contributed by atoms with E-state index in [9.17, 15) is 0 Å². The Morgan fingerprint density at radius 3 is 2.55 bits per heavy atom. The molecule has 4 rings (SSSR count). The van der Waals surface area contributed by atoms with Gasteiger partial charge in [-0.1, -0.05) is 18.2 Å². The van der Waals surface area contributed by atoms with Crippen LogP contribution in [0.4, 0.5) is 11.6 Å². The Bertz CT molecular complexity index is 791. The summed E-state index contributed by atoms with van der Waals surface area (Å²) in [6.07, 6.45) is 4.70. The Hall–Kier alpha value is -1.94. The van der Waals surface area contributed by atoms with Crippen molar-refractivity contribution >= 4 is 41.6 Å². The molecule has 0 amide bonds. The molecule has 0 unspecified atom stereocenters. The summed E-state index contributed by atoms with van der Waals surface area (Å²) in [6.45, 7) is 9.78. The highest BCUT2D eigenvalue weighted by Crippen LogP contribution is 2.27. The average Bonchev–Trinajstić information content (AvgIpc) is 3.18. The predicted octanol–water partition coefficient (Wildman–Crippen LogP) is 2.24. The van der Waals surface area contributed by atoms with Crippen LogP contribution >= 0.6 is 24.0 Å². The van der Waals surface area contributed by atoms with Gasteiger partial charge in [0.1, 0.15) is 0 Å². The lowest BCUT2D eigenvalue weighted by molar-refractivity contribution is 0.264. The standard InChI is InChI=1S/C21H29N7.HI/c1-2-22-21(28-12-8-18-6-3-4-7-19(18)28)25-11-13-26-14-16-27(17-15-26)20-23-9-5-10-24-20;/h3-7,9-10H,2,8,11-17H2,1H3,(H,22,25);1H. The zero-order valence-electron chi connectivity index (χ0n) is 17.0. The van der Waals surface area contributed by atoms with E-state index in [4.69, 9.17) is 4.99 Å². The maximum Gasteiger partial charge on any atom is 0.225 e. The van der Waals surface area contributed by atoms with Crippen LogP contribution < -0.4 is 15.1 Å². The van der Waals surface area contributed by atoms with Crippen molar-refractivity contribution in [2.75, 3.05) is 62.2 Å². The molecule has 1 saturated heterocycles. The van der Waals surface area contributed by atoms with Crippen LogP contribution in [0.2, 0.25) is 0 Å². The molecule has 1 fully saturated rings. The predicted molar refractivity (Wildman–Crippen MR) is 130 cm³/mol. The third-order valence-electron chi connectivity index (χ3n) is 5.36. The maximum absolute atomic E-state index is 4.92. The van der Waals surface area contributed by atoms with E-state index >= 15 is 0 Å². The first-order valence-electron chi connectivity index (χ1n) is 10.2. The number of benzene rings is 1. The zero-order valence-corrected chi connectivity index (χ0v) is 19.3. The molecule has 1 N–H and O–H groups in total. The molecule has 0 bridgehead atoms. The number of rotatable bonds is 5. The SMILES string of the molecule is CCNC(=NCCN1CCN(c2ncccn2)CC1)N1CCc2ccccc21.I. The number of halogens is 1. The summed E-state index contributed by atoms with van der Waals surface area (Å²) in [5.74, 6) is 1.84. The van der Waals surface area contributed by atoms with Gasteiger partial charge in [0.2, 0.25) is 5.95 Å². The molecule has 2 aromatic rings. The first-order valence-corrected chi connectivity index (χ1v) is 10.2. The summed E-state index contributed by atoms with van der Waals surface area (Å²) in [7, 11) is 0. The fraction of sp³-hybridized carbons (Fsp3) is 0.476. The number of nitrogens with zero attached hydrogens (tertiary/aromatic N) is 6. The van der Waals surface area contributed by atoms with Crippen molar-refractivity contribution in [3.63, 3.8) is 0 Å². The van der Waals surface area contributed by atoms with Gasteiger partial charge in [-0.15, -0.1) is 24.0 Å². The number of piperazine rings is 1. The van der Waals surface area contributed by atoms with Crippen molar-refractivity contribution in [1.29, 1.82) is 0 Å². The molecule has 29 heavy (non-hydrogen) atoms. The number of hydrogen-bond donors (Lipinski definition) is 1. The molecular formula is C21H30IN7. The van der Waals surface area contributed by atoms with E-state index in [1.807, 2.05) is 18.5 Å². The Morgan fingerprint density at radius 1 is 1.03 bits per heavy atom. The van der Waals surface area contributed by atoms with E-state index < -0.39 is 0 Å². The smallest absolute Gasteiger partial charge is 0.225 e. The number of fused-ring (bicyclic) bond motifs is 1. The largest absolute Gasteiger partial charge is 0.356 e. The van der Waals surface area contributed by atoms with E-state index in [2.05, 4.69) is 61.2 Å². The van der Waals surface area contributed by atoms with Gasteiger partial charge >= 0.3 is 0 Å². The molecular weight excluding hydrogens is 477 g/mol. The molecule has 1 aromatic carbocycles. The average molecular weight is 507 g/mol. The molecule has 0 atom stereocenters. The van der Waals surface area contributed by atoms with Gasteiger partial charge in [0, 0.05) is 63.9 Å². The number of aliphatic imine (C=N–C) groups is 1. The highest BCUT2D eigenvalue weighted by Gasteiger charge is 2.22. The van der Waals surface area contributed by atoms with Crippen molar-refractivity contribution in [2.24, 2.45) is 4.99 Å². The second kappa shape index (κ2) is 10.7. The minimum Gasteiger partial charge on any atom is -0.356 e. The second-order valence-electron chi connectivity index (χ2n) is 7.14. The quantitative estimate of drug-likeness (QED) is 0.381. The van der Waals surface area contributed by atoms with E-state index in [1.165, 1.54) is 11.3 Å². The van der Waals surface area contributed by atoms with Gasteiger partial charge in [-0.25, -0.2) is 9.97 Å². The normalized spacial score (nSPS) is 17.1. The fourth-order valence-electron chi connectivity index (χ4n) is 3.88. The number of hydrogen-bond acceptors (Lipinski definition) is 5. The van der Waals surface area contributed by atoms with E-state index in [1.54, 1.807) is 0 Å². The fourth-order valence-corrected chi connectivity index (χ4v) is 3.88. The Balaban J connectivity index is 0.00000240. The third kappa shape index (κ3) is 5.36. The lowest BCUT2D eigenvalue weighted by Gasteiger charge is -2.34. The Kier molecular flexibility index (Phi) is 8.05. The van der Waals surface area contributed by atoms with Crippen molar-refractivity contribution < 1.29 is 0 Å². The van der Waals surface area contributed by atoms with Crippen LogP contribution in [-0.2, 0) is 6.42 Å². The highest BCUT2D eigenvalue weighted by molar-refractivity contribution is 14.0. The van der Waals surface area contributed by atoms with Gasteiger partial charge in [0.25, 0.3) is 0 Å². The number of para-hydroxylation sites is 1. The monoisotopic (exact) mass is 507 g/mol. The number of aromatic nitrogens is 2. The summed E-state index contributed by atoms with van der Waals surface area (Å²) in [5, 5.41) is 3.46. The van der Waals surface area contributed by atoms with Crippen molar-refractivity contribution in [3.8, 4) is 0 Å².